The normalized spacial score (nSPS) is 15.0. The van der Waals surface area contributed by atoms with Crippen molar-refractivity contribution in [2.24, 2.45) is 0 Å². The number of rotatable bonds is 3. The van der Waals surface area contributed by atoms with E-state index in [0.29, 0.717) is 24.5 Å². The lowest BCUT2D eigenvalue weighted by molar-refractivity contribution is -0.112. The average molecular weight is 323 g/mol. The molecule has 122 valence electrons. The molecule has 2 aromatic carbocycles. The molecular formula is C18H17N3O3. The number of amides is 3. The van der Waals surface area contributed by atoms with Crippen LogP contribution in [0.25, 0.3) is 0 Å². The molecule has 2 N–H and O–H groups in total. The van der Waals surface area contributed by atoms with E-state index in [-0.39, 0.29) is 17.8 Å². The number of hydrogen-bond donors (Lipinski definition) is 2. The molecule has 0 bridgehead atoms. The second-order valence-corrected chi connectivity index (χ2v) is 5.13. The van der Waals surface area contributed by atoms with Crippen LogP contribution in [0.5, 0.6) is 0 Å². The predicted octanol–water partition coefficient (Wildman–Crippen LogP) is 3.03. The van der Waals surface area contributed by atoms with E-state index in [1.807, 2.05) is 36.4 Å². The zero-order valence-corrected chi connectivity index (χ0v) is 12.9. The molecule has 0 spiro atoms. The van der Waals surface area contributed by atoms with E-state index in [1.165, 1.54) is 11.0 Å². The van der Waals surface area contributed by atoms with Crippen LogP contribution in [0, 0.1) is 0 Å². The fraction of sp³-hybridized carbons (Fsp3) is 0.111. The number of ether oxygens (including phenoxy) is 1. The summed E-state index contributed by atoms with van der Waals surface area (Å²) in [7, 11) is 0. The highest BCUT2D eigenvalue weighted by Crippen LogP contribution is 2.17. The largest absolute Gasteiger partial charge is 0.477 e. The second-order valence-electron chi connectivity index (χ2n) is 5.13. The smallest absolute Gasteiger partial charge is 0.328 e. The molecule has 0 radical (unpaired) electrons. The van der Waals surface area contributed by atoms with E-state index in [0.717, 1.165) is 0 Å². The van der Waals surface area contributed by atoms with Gasteiger partial charge in [-0.05, 0) is 24.3 Å². The zero-order chi connectivity index (χ0) is 16.8. The Morgan fingerprint density at radius 2 is 1.50 bits per heavy atom. The van der Waals surface area contributed by atoms with Gasteiger partial charge < -0.3 is 15.4 Å². The van der Waals surface area contributed by atoms with Gasteiger partial charge in [0, 0.05) is 11.4 Å². The van der Waals surface area contributed by atoms with Crippen molar-refractivity contribution in [2.45, 2.75) is 0 Å². The van der Waals surface area contributed by atoms with Crippen molar-refractivity contribution in [1.82, 2.24) is 4.90 Å². The lowest BCUT2D eigenvalue weighted by Gasteiger charge is -2.16. The van der Waals surface area contributed by atoms with Crippen molar-refractivity contribution in [3.63, 3.8) is 0 Å². The molecule has 1 fully saturated rings. The summed E-state index contributed by atoms with van der Waals surface area (Å²) in [6.45, 7) is 0.746. The molecule has 0 atom stereocenters. The van der Waals surface area contributed by atoms with Gasteiger partial charge in [-0.25, -0.2) is 4.79 Å². The molecule has 1 heterocycles. The van der Waals surface area contributed by atoms with Crippen molar-refractivity contribution in [3.8, 4) is 0 Å². The van der Waals surface area contributed by atoms with Crippen LogP contribution in [0.1, 0.15) is 0 Å². The van der Waals surface area contributed by atoms with E-state index in [2.05, 4.69) is 10.6 Å². The van der Waals surface area contributed by atoms with Crippen LogP contribution in [0.3, 0.4) is 0 Å². The first-order valence-corrected chi connectivity index (χ1v) is 7.56. The Morgan fingerprint density at radius 1 is 0.917 bits per heavy atom. The molecule has 6 heteroatoms. The van der Waals surface area contributed by atoms with Crippen molar-refractivity contribution >= 4 is 23.3 Å². The third kappa shape index (κ3) is 3.92. The van der Waals surface area contributed by atoms with Gasteiger partial charge in [-0.3, -0.25) is 9.69 Å². The topological polar surface area (TPSA) is 70.7 Å². The quantitative estimate of drug-likeness (QED) is 0.853. The minimum Gasteiger partial charge on any atom is -0.477 e. The SMILES string of the molecule is O=C(/C=C1/OCCN1C(=O)Nc1ccccc1)Nc1ccccc1. The maximum atomic E-state index is 12.3. The average Bonchev–Trinajstić information content (AvgIpc) is 3.04. The Kier molecular flexibility index (Phi) is 4.76. The first-order valence-electron chi connectivity index (χ1n) is 7.56. The van der Waals surface area contributed by atoms with Crippen LogP contribution in [0.15, 0.2) is 72.6 Å². The van der Waals surface area contributed by atoms with Crippen LogP contribution in [0.2, 0.25) is 0 Å². The van der Waals surface area contributed by atoms with Crippen molar-refractivity contribution < 1.29 is 14.3 Å². The Morgan fingerprint density at radius 3 is 2.12 bits per heavy atom. The standard InChI is InChI=1S/C18H17N3O3/c22-16(19-14-7-3-1-4-8-14)13-17-21(11-12-24-17)18(23)20-15-9-5-2-6-10-15/h1-10,13H,11-12H2,(H,19,22)(H,20,23)/b17-13+. The van der Waals surface area contributed by atoms with Gasteiger partial charge in [0.25, 0.3) is 5.91 Å². The summed E-state index contributed by atoms with van der Waals surface area (Å²) < 4.78 is 5.40. The maximum Gasteiger partial charge on any atom is 0.328 e. The Hall–Kier alpha value is -3.28. The van der Waals surface area contributed by atoms with Crippen molar-refractivity contribution in [1.29, 1.82) is 0 Å². The number of para-hydroxylation sites is 2. The number of urea groups is 1. The van der Waals surface area contributed by atoms with Gasteiger partial charge in [-0.2, -0.15) is 0 Å². The fourth-order valence-electron chi connectivity index (χ4n) is 2.28. The predicted molar refractivity (Wildman–Crippen MR) is 91.3 cm³/mol. The maximum absolute atomic E-state index is 12.3. The lowest BCUT2D eigenvalue weighted by atomic mass is 10.3. The number of carbonyl (C=O) groups excluding carboxylic acids is 2. The highest BCUT2D eigenvalue weighted by Gasteiger charge is 2.26. The molecule has 0 aliphatic carbocycles. The summed E-state index contributed by atoms with van der Waals surface area (Å²) in [6.07, 6.45) is 1.28. The monoisotopic (exact) mass is 323 g/mol. The highest BCUT2D eigenvalue weighted by molar-refractivity contribution is 6.00. The van der Waals surface area contributed by atoms with Crippen LogP contribution < -0.4 is 10.6 Å². The van der Waals surface area contributed by atoms with E-state index >= 15 is 0 Å². The Labute approximate surface area is 139 Å². The third-order valence-corrected chi connectivity index (χ3v) is 3.40. The van der Waals surface area contributed by atoms with Gasteiger partial charge in [0.2, 0.25) is 5.88 Å². The number of carbonyl (C=O) groups is 2. The lowest BCUT2D eigenvalue weighted by Crippen LogP contribution is -2.32. The molecule has 24 heavy (non-hydrogen) atoms. The van der Waals surface area contributed by atoms with Crippen LogP contribution in [-0.4, -0.2) is 30.0 Å². The Balaban J connectivity index is 1.66. The molecule has 3 amide bonds. The van der Waals surface area contributed by atoms with Gasteiger partial charge in [-0.1, -0.05) is 36.4 Å². The third-order valence-electron chi connectivity index (χ3n) is 3.40. The molecule has 0 aromatic heterocycles. The summed E-state index contributed by atoms with van der Waals surface area (Å²) in [5, 5.41) is 5.50. The molecule has 2 aromatic rings. The molecule has 0 saturated carbocycles. The summed E-state index contributed by atoms with van der Waals surface area (Å²) in [5.41, 5.74) is 1.36. The Bertz CT molecular complexity index is 745. The molecule has 1 aliphatic heterocycles. The minimum atomic E-state index is -0.351. The molecule has 6 nitrogen and oxygen atoms in total. The summed E-state index contributed by atoms with van der Waals surface area (Å²) in [4.78, 5) is 25.8. The first-order chi connectivity index (χ1) is 11.7. The van der Waals surface area contributed by atoms with E-state index in [9.17, 15) is 9.59 Å². The number of hydrogen-bond acceptors (Lipinski definition) is 3. The summed E-state index contributed by atoms with van der Waals surface area (Å²) in [5.74, 6) is -0.118. The van der Waals surface area contributed by atoms with E-state index in [1.54, 1.807) is 24.3 Å². The van der Waals surface area contributed by atoms with Crippen molar-refractivity contribution in [3.05, 3.63) is 72.6 Å². The molecule has 0 unspecified atom stereocenters. The highest BCUT2D eigenvalue weighted by atomic mass is 16.5. The van der Waals surface area contributed by atoms with E-state index < -0.39 is 0 Å². The minimum absolute atomic E-state index is 0.233. The summed E-state index contributed by atoms with van der Waals surface area (Å²) >= 11 is 0. The number of nitrogens with one attached hydrogen (secondary N) is 2. The van der Waals surface area contributed by atoms with E-state index in [4.69, 9.17) is 4.74 Å². The van der Waals surface area contributed by atoms with Crippen LogP contribution in [-0.2, 0) is 9.53 Å². The molecule has 3 rings (SSSR count). The number of nitrogens with zero attached hydrogens (tertiary/aromatic N) is 1. The molecular weight excluding hydrogens is 306 g/mol. The van der Waals surface area contributed by atoms with Gasteiger partial charge in [0.1, 0.15) is 6.61 Å². The first kappa shape index (κ1) is 15.6. The van der Waals surface area contributed by atoms with Crippen molar-refractivity contribution in [2.75, 3.05) is 23.8 Å². The number of anilines is 2. The van der Waals surface area contributed by atoms with Crippen LogP contribution in [0.4, 0.5) is 16.2 Å². The number of benzene rings is 2. The van der Waals surface area contributed by atoms with Gasteiger partial charge in [0.05, 0.1) is 12.6 Å². The van der Waals surface area contributed by atoms with Gasteiger partial charge >= 0.3 is 6.03 Å². The van der Waals surface area contributed by atoms with Gasteiger partial charge in [0.15, 0.2) is 0 Å². The molecule has 1 saturated heterocycles. The fourth-order valence-corrected chi connectivity index (χ4v) is 2.28. The molecule has 1 aliphatic rings. The van der Waals surface area contributed by atoms with Crippen LogP contribution >= 0.6 is 0 Å². The zero-order valence-electron chi connectivity index (χ0n) is 12.9. The van der Waals surface area contributed by atoms with Gasteiger partial charge in [-0.15, -0.1) is 0 Å². The summed E-state index contributed by atoms with van der Waals surface area (Å²) in [6, 6.07) is 17.9. The second kappa shape index (κ2) is 7.32.